The summed E-state index contributed by atoms with van der Waals surface area (Å²) >= 11 is 1.90. The Hall–Kier alpha value is -1.99. The van der Waals surface area contributed by atoms with Crippen molar-refractivity contribution in [2.75, 3.05) is 0 Å². The summed E-state index contributed by atoms with van der Waals surface area (Å²) in [7, 11) is 0. The fourth-order valence-electron chi connectivity index (χ4n) is 2.83. The molecule has 0 radical (unpaired) electrons. The van der Waals surface area contributed by atoms with Gasteiger partial charge in [-0.3, -0.25) is 0 Å². The van der Waals surface area contributed by atoms with Crippen LogP contribution in [0.25, 0.3) is 6.08 Å². The van der Waals surface area contributed by atoms with Gasteiger partial charge in [0.1, 0.15) is 0 Å². The van der Waals surface area contributed by atoms with Crippen molar-refractivity contribution in [2.45, 2.75) is 25.2 Å². The molecule has 2 aromatic rings. The molecule has 0 heterocycles. The number of hydrogen-bond donors (Lipinski definition) is 0. The summed E-state index contributed by atoms with van der Waals surface area (Å²) in [6, 6.07) is 19.2. The standard InChI is InChI=1S/C22H22S/c1-4-18(15-17-12-7-6-8-13-17)21-19(5-2)22(21)23-20-14-10-9-11-16(20)3/h5-15,19H,2,4H2,1,3H3/b18-15+. The van der Waals surface area contributed by atoms with Crippen LogP contribution in [0.15, 0.2) is 88.2 Å². The predicted molar refractivity (Wildman–Crippen MR) is 102 cm³/mol. The van der Waals surface area contributed by atoms with Crippen molar-refractivity contribution in [1.29, 1.82) is 0 Å². The maximum Gasteiger partial charge on any atom is 0.0344 e. The van der Waals surface area contributed by atoms with Gasteiger partial charge in [-0.25, -0.2) is 0 Å². The zero-order chi connectivity index (χ0) is 16.2. The highest BCUT2D eigenvalue weighted by Gasteiger charge is 2.36. The first kappa shape index (κ1) is 15.9. The maximum atomic E-state index is 4.03. The molecule has 0 aliphatic heterocycles. The molecule has 23 heavy (non-hydrogen) atoms. The molecule has 0 spiro atoms. The highest BCUT2D eigenvalue weighted by molar-refractivity contribution is 8.03. The fraction of sp³-hybridized carbons (Fsp3) is 0.182. The van der Waals surface area contributed by atoms with Crippen LogP contribution < -0.4 is 0 Å². The van der Waals surface area contributed by atoms with E-state index in [9.17, 15) is 0 Å². The Bertz CT molecular complexity index is 766. The zero-order valence-electron chi connectivity index (χ0n) is 13.8. The van der Waals surface area contributed by atoms with Gasteiger partial charge in [0.25, 0.3) is 0 Å². The minimum absolute atomic E-state index is 0.425. The summed E-state index contributed by atoms with van der Waals surface area (Å²) in [6.07, 6.45) is 5.44. The largest absolute Gasteiger partial charge is 0.102 e. The molecule has 0 N–H and O–H groups in total. The van der Waals surface area contributed by atoms with Crippen LogP contribution >= 0.6 is 11.8 Å². The summed E-state index contributed by atoms with van der Waals surface area (Å²) in [5.74, 6) is 0.425. The van der Waals surface area contributed by atoms with Gasteiger partial charge in [0.15, 0.2) is 0 Å². The second-order valence-electron chi connectivity index (χ2n) is 5.79. The Balaban J connectivity index is 1.89. The molecule has 116 valence electrons. The second-order valence-corrected chi connectivity index (χ2v) is 6.88. The molecule has 0 saturated heterocycles. The first-order chi connectivity index (χ1) is 11.2. The third-order valence-electron chi connectivity index (χ3n) is 4.19. The lowest BCUT2D eigenvalue weighted by Gasteiger charge is -2.01. The predicted octanol–water partition coefficient (Wildman–Crippen LogP) is 6.65. The highest BCUT2D eigenvalue weighted by Crippen LogP contribution is 2.55. The van der Waals surface area contributed by atoms with Crippen molar-refractivity contribution in [1.82, 2.24) is 0 Å². The maximum absolute atomic E-state index is 4.03. The molecule has 1 unspecified atom stereocenters. The zero-order valence-corrected chi connectivity index (χ0v) is 14.6. The van der Waals surface area contributed by atoms with Crippen molar-refractivity contribution in [3.8, 4) is 0 Å². The number of hydrogen-bond acceptors (Lipinski definition) is 1. The summed E-state index contributed by atoms with van der Waals surface area (Å²) in [6.45, 7) is 8.44. The van der Waals surface area contributed by atoms with Gasteiger partial charge in [-0.15, -0.1) is 6.58 Å². The SMILES string of the molecule is C=CC1C(Sc2ccccc2C)=C1/C(=C/c1ccccc1)CC. The monoisotopic (exact) mass is 318 g/mol. The molecule has 3 rings (SSSR count). The summed E-state index contributed by atoms with van der Waals surface area (Å²) < 4.78 is 0. The van der Waals surface area contributed by atoms with Gasteiger partial charge in [0.05, 0.1) is 0 Å². The molecule has 0 fully saturated rings. The lowest BCUT2D eigenvalue weighted by atomic mass is 10.0. The summed E-state index contributed by atoms with van der Waals surface area (Å²) in [4.78, 5) is 2.80. The number of benzene rings is 2. The topological polar surface area (TPSA) is 0 Å². The van der Waals surface area contributed by atoms with Crippen molar-refractivity contribution in [2.24, 2.45) is 5.92 Å². The van der Waals surface area contributed by atoms with Gasteiger partial charge < -0.3 is 0 Å². The van der Waals surface area contributed by atoms with Crippen LogP contribution in [0, 0.1) is 12.8 Å². The third kappa shape index (κ3) is 3.51. The fourth-order valence-corrected chi connectivity index (χ4v) is 4.09. The molecule has 1 aliphatic carbocycles. The van der Waals surface area contributed by atoms with Crippen molar-refractivity contribution < 1.29 is 0 Å². The van der Waals surface area contributed by atoms with E-state index in [2.05, 4.69) is 87.2 Å². The first-order valence-electron chi connectivity index (χ1n) is 8.10. The Labute approximate surface area is 143 Å². The van der Waals surface area contributed by atoms with E-state index in [0.29, 0.717) is 5.92 Å². The molecule has 1 aliphatic rings. The Morgan fingerprint density at radius 3 is 2.43 bits per heavy atom. The van der Waals surface area contributed by atoms with E-state index in [1.807, 2.05) is 11.8 Å². The van der Waals surface area contributed by atoms with Gasteiger partial charge in [0.2, 0.25) is 0 Å². The Morgan fingerprint density at radius 2 is 1.78 bits per heavy atom. The first-order valence-corrected chi connectivity index (χ1v) is 8.92. The van der Waals surface area contributed by atoms with E-state index in [4.69, 9.17) is 0 Å². The number of aryl methyl sites for hydroxylation is 1. The van der Waals surface area contributed by atoms with Crippen LogP contribution in [0.1, 0.15) is 24.5 Å². The van der Waals surface area contributed by atoms with Gasteiger partial charge in [0, 0.05) is 15.7 Å². The number of rotatable bonds is 6. The molecule has 1 atom stereocenters. The van der Waals surface area contributed by atoms with E-state index in [0.717, 1.165) is 6.42 Å². The molecule has 0 bridgehead atoms. The van der Waals surface area contributed by atoms with E-state index < -0.39 is 0 Å². The second kappa shape index (κ2) is 7.06. The normalized spacial score (nSPS) is 17.3. The average Bonchev–Trinajstić information content (AvgIpc) is 3.28. The highest BCUT2D eigenvalue weighted by atomic mass is 32.2. The van der Waals surface area contributed by atoms with Crippen LogP contribution in [0.5, 0.6) is 0 Å². The molecule has 0 amide bonds. The van der Waals surface area contributed by atoms with Crippen LogP contribution in [0.3, 0.4) is 0 Å². The number of thioether (sulfide) groups is 1. The molecule has 0 aromatic heterocycles. The summed E-state index contributed by atoms with van der Waals surface area (Å²) in [5.41, 5.74) is 5.51. The minimum atomic E-state index is 0.425. The van der Waals surface area contributed by atoms with Crippen molar-refractivity contribution in [3.63, 3.8) is 0 Å². The van der Waals surface area contributed by atoms with Crippen LogP contribution in [-0.4, -0.2) is 0 Å². The molecule has 1 heteroatoms. The summed E-state index contributed by atoms with van der Waals surface area (Å²) in [5, 5.41) is 0. The van der Waals surface area contributed by atoms with E-state index in [1.165, 1.54) is 32.1 Å². The molecule has 0 nitrogen and oxygen atoms in total. The smallest absolute Gasteiger partial charge is 0.0344 e. The van der Waals surface area contributed by atoms with Gasteiger partial charge >= 0.3 is 0 Å². The van der Waals surface area contributed by atoms with Gasteiger partial charge in [-0.1, -0.05) is 79.4 Å². The lowest BCUT2D eigenvalue weighted by molar-refractivity contribution is 1.08. The van der Waals surface area contributed by atoms with Crippen LogP contribution in [-0.2, 0) is 0 Å². The van der Waals surface area contributed by atoms with Crippen LogP contribution in [0.4, 0.5) is 0 Å². The van der Waals surface area contributed by atoms with E-state index in [1.54, 1.807) is 0 Å². The van der Waals surface area contributed by atoms with E-state index >= 15 is 0 Å². The molecule has 0 saturated carbocycles. The average molecular weight is 318 g/mol. The molecular formula is C22H22S. The van der Waals surface area contributed by atoms with Gasteiger partial charge in [-0.2, -0.15) is 0 Å². The number of allylic oxidation sites excluding steroid dienone is 4. The van der Waals surface area contributed by atoms with Gasteiger partial charge in [-0.05, 0) is 41.7 Å². The Morgan fingerprint density at radius 1 is 1.09 bits per heavy atom. The van der Waals surface area contributed by atoms with Crippen LogP contribution in [0.2, 0.25) is 0 Å². The van der Waals surface area contributed by atoms with E-state index in [-0.39, 0.29) is 0 Å². The minimum Gasteiger partial charge on any atom is -0.102 e. The lowest BCUT2D eigenvalue weighted by Crippen LogP contribution is -1.83. The molecular weight excluding hydrogens is 296 g/mol. The third-order valence-corrected chi connectivity index (χ3v) is 5.56. The van der Waals surface area contributed by atoms with Crippen molar-refractivity contribution in [3.05, 3.63) is 94.4 Å². The quantitative estimate of drug-likeness (QED) is 0.537. The molecule has 2 aromatic carbocycles. The Kier molecular flexibility index (Phi) is 4.88. The van der Waals surface area contributed by atoms with Crippen molar-refractivity contribution >= 4 is 17.8 Å².